The fraction of sp³-hybridized carbons (Fsp3) is 0.214. The monoisotopic (exact) mass is 225 g/mol. The molecule has 0 aliphatic rings. The molecule has 0 atom stereocenters. The Morgan fingerprint density at radius 1 is 1.29 bits per heavy atom. The summed E-state index contributed by atoms with van der Waals surface area (Å²) in [6.07, 6.45) is 4.86. The summed E-state index contributed by atoms with van der Waals surface area (Å²) >= 11 is 0. The maximum absolute atomic E-state index is 5.60. The molecule has 0 spiro atoms. The van der Waals surface area contributed by atoms with E-state index in [0.29, 0.717) is 6.54 Å². The summed E-state index contributed by atoms with van der Waals surface area (Å²) in [5, 5.41) is 2.43. The van der Waals surface area contributed by atoms with Gasteiger partial charge in [0.25, 0.3) is 0 Å². The molecule has 3 rings (SSSR count). The van der Waals surface area contributed by atoms with Crippen molar-refractivity contribution >= 4 is 16.4 Å². The number of imidazole rings is 1. The first-order valence-electron chi connectivity index (χ1n) is 5.85. The van der Waals surface area contributed by atoms with Gasteiger partial charge in [0.2, 0.25) is 0 Å². The smallest absolute Gasteiger partial charge is 0.144 e. The number of benzene rings is 1. The molecule has 3 nitrogen and oxygen atoms in total. The van der Waals surface area contributed by atoms with Crippen LogP contribution >= 0.6 is 0 Å². The SMILES string of the molecule is Cc1ccc2c(ccn3c(CCN)cnc23)c1. The van der Waals surface area contributed by atoms with Crippen LogP contribution in [0.4, 0.5) is 0 Å². The van der Waals surface area contributed by atoms with Gasteiger partial charge in [-0.1, -0.05) is 23.8 Å². The second kappa shape index (κ2) is 3.86. The van der Waals surface area contributed by atoms with Crippen LogP contribution in [0.15, 0.2) is 36.7 Å². The standard InChI is InChI=1S/C14H15N3/c1-10-2-3-13-11(8-10)5-7-17-12(4-6-15)9-16-14(13)17/h2-3,5,7-9H,4,6,15H2,1H3. The molecule has 2 aromatic heterocycles. The van der Waals surface area contributed by atoms with Crippen LogP contribution in [-0.2, 0) is 6.42 Å². The average molecular weight is 225 g/mol. The van der Waals surface area contributed by atoms with E-state index < -0.39 is 0 Å². The van der Waals surface area contributed by atoms with E-state index in [1.807, 2.05) is 6.20 Å². The Morgan fingerprint density at radius 3 is 3.00 bits per heavy atom. The molecule has 0 fully saturated rings. The Balaban J connectivity index is 2.33. The maximum atomic E-state index is 5.60. The van der Waals surface area contributed by atoms with E-state index in [0.717, 1.165) is 12.1 Å². The highest BCUT2D eigenvalue weighted by molar-refractivity contribution is 5.94. The first kappa shape index (κ1) is 10.3. The molecule has 17 heavy (non-hydrogen) atoms. The Bertz CT molecular complexity index is 682. The van der Waals surface area contributed by atoms with Crippen molar-refractivity contribution < 1.29 is 0 Å². The van der Waals surface area contributed by atoms with Crippen molar-refractivity contribution in [3.05, 3.63) is 47.9 Å². The molecule has 0 bridgehead atoms. The van der Waals surface area contributed by atoms with Gasteiger partial charge in [0.05, 0.1) is 0 Å². The van der Waals surface area contributed by atoms with E-state index in [-0.39, 0.29) is 0 Å². The Kier molecular flexibility index (Phi) is 2.34. The van der Waals surface area contributed by atoms with Crippen LogP contribution in [0.2, 0.25) is 0 Å². The van der Waals surface area contributed by atoms with E-state index in [9.17, 15) is 0 Å². The lowest BCUT2D eigenvalue weighted by molar-refractivity contribution is 0.906. The van der Waals surface area contributed by atoms with Crippen molar-refractivity contribution in [2.45, 2.75) is 13.3 Å². The summed E-state index contributed by atoms with van der Waals surface area (Å²) in [6, 6.07) is 8.59. The average Bonchev–Trinajstić information content (AvgIpc) is 2.73. The third-order valence-corrected chi connectivity index (χ3v) is 3.13. The van der Waals surface area contributed by atoms with Gasteiger partial charge in [-0.2, -0.15) is 0 Å². The largest absolute Gasteiger partial charge is 0.330 e. The lowest BCUT2D eigenvalue weighted by Crippen LogP contribution is -2.04. The number of hydrogen-bond donors (Lipinski definition) is 1. The van der Waals surface area contributed by atoms with Crippen molar-refractivity contribution in [2.75, 3.05) is 6.54 Å². The van der Waals surface area contributed by atoms with E-state index >= 15 is 0 Å². The zero-order chi connectivity index (χ0) is 11.8. The van der Waals surface area contributed by atoms with E-state index in [2.05, 4.69) is 46.8 Å². The number of rotatable bonds is 2. The Hall–Kier alpha value is -1.87. The van der Waals surface area contributed by atoms with Gasteiger partial charge < -0.3 is 10.1 Å². The molecular weight excluding hydrogens is 210 g/mol. The molecule has 0 saturated heterocycles. The van der Waals surface area contributed by atoms with Crippen molar-refractivity contribution in [1.82, 2.24) is 9.38 Å². The predicted molar refractivity (Wildman–Crippen MR) is 70.2 cm³/mol. The minimum atomic E-state index is 0.653. The molecule has 2 N–H and O–H groups in total. The number of nitrogens with zero attached hydrogens (tertiary/aromatic N) is 2. The van der Waals surface area contributed by atoms with Crippen LogP contribution in [0, 0.1) is 6.92 Å². The second-order valence-corrected chi connectivity index (χ2v) is 4.39. The number of aryl methyl sites for hydroxylation is 1. The molecule has 2 heterocycles. The van der Waals surface area contributed by atoms with Gasteiger partial charge in [0, 0.05) is 29.9 Å². The third kappa shape index (κ3) is 1.59. The maximum Gasteiger partial charge on any atom is 0.144 e. The van der Waals surface area contributed by atoms with Gasteiger partial charge in [-0.15, -0.1) is 0 Å². The van der Waals surface area contributed by atoms with Crippen LogP contribution in [0.5, 0.6) is 0 Å². The summed E-state index contributed by atoms with van der Waals surface area (Å²) in [7, 11) is 0. The molecule has 1 aromatic carbocycles. The normalized spacial score (nSPS) is 11.4. The van der Waals surface area contributed by atoms with Crippen LogP contribution in [0.3, 0.4) is 0 Å². The predicted octanol–water partition coefficient (Wildman–Crippen LogP) is 2.30. The Labute approximate surface area is 99.9 Å². The first-order valence-corrected chi connectivity index (χ1v) is 5.85. The summed E-state index contributed by atoms with van der Waals surface area (Å²) < 4.78 is 2.13. The van der Waals surface area contributed by atoms with Crippen molar-refractivity contribution in [1.29, 1.82) is 0 Å². The summed E-state index contributed by atoms with van der Waals surface area (Å²) in [6.45, 7) is 2.76. The van der Waals surface area contributed by atoms with Gasteiger partial charge in [-0.3, -0.25) is 0 Å². The molecule has 0 unspecified atom stereocenters. The molecule has 0 saturated carbocycles. The lowest BCUT2D eigenvalue weighted by atomic mass is 10.1. The van der Waals surface area contributed by atoms with Gasteiger partial charge in [0.1, 0.15) is 5.65 Å². The molecule has 86 valence electrons. The number of aromatic nitrogens is 2. The summed E-state index contributed by atoms with van der Waals surface area (Å²) in [5.74, 6) is 0. The van der Waals surface area contributed by atoms with Crippen molar-refractivity contribution in [3.8, 4) is 0 Å². The van der Waals surface area contributed by atoms with Crippen LogP contribution < -0.4 is 5.73 Å². The minimum absolute atomic E-state index is 0.653. The number of nitrogens with two attached hydrogens (primary N) is 1. The molecule has 0 amide bonds. The number of pyridine rings is 1. The van der Waals surface area contributed by atoms with E-state index in [1.54, 1.807) is 0 Å². The number of fused-ring (bicyclic) bond motifs is 3. The van der Waals surface area contributed by atoms with Crippen LogP contribution in [-0.4, -0.2) is 15.9 Å². The fourth-order valence-electron chi connectivity index (χ4n) is 2.27. The molecule has 0 radical (unpaired) electrons. The topological polar surface area (TPSA) is 43.3 Å². The highest BCUT2D eigenvalue weighted by Gasteiger charge is 2.06. The molecule has 0 aliphatic heterocycles. The zero-order valence-electron chi connectivity index (χ0n) is 9.85. The highest BCUT2D eigenvalue weighted by Crippen LogP contribution is 2.21. The summed E-state index contributed by atoms with van der Waals surface area (Å²) in [4.78, 5) is 4.50. The minimum Gasteiger partial charge on any atom is -0.330 e. The first-order chi connectivity index (χ1) is 8.29. The molecule has 3 heteroatoms. The van der Waals surface area contributed by atoms with Gasteiger partial charge in [-0.05, 0) is 24.9 Å². The van der Waals surface area contributed by atoms with E-state index in [4.69, 9.17) is 5.73 Å². The second-order valence-electron chi connectivity index (χ2n) is 4.39. The highest BCUT2D eigenvalue weighted by atomic mass is 15.0. The lowest BCUT2D eigenvalue weighted by Gasteiger charge is -2.04. The zero-order valence-corrected chi connectivity index (χ0v) is 9.85. The van der Waals surface area contributed by atoms with Crippen molar-refractivity contribution in [2.24, 2.45) is 5.73 Å². The summed E-state index contributed by atoms with van der Waals surface area (Å²) in [5.41, 5.74) is 9.07. The fourth-order valence-corrected chi connectivity index (χ4v) is 2.27. The molecule has 3 aromatic rings. The van der Waals surface area contributed by atoms with Crippen LogP contribution in [0.1, 0.15) is 11.3 Å². The van der Waals surface area contributed by atoms with Gasteiger partial charge in [-0.25, -0.2) is 4.98 Å². The quantitative estimate of drug-likeness (QED) is 0.727. The number of hydrogen-bond acceptors (Lipinski definition) is 2. The van der Waals surface area contributed by atoms with Crippen molar-refractivity contribution in [3.63, 3.8) is 0 Å². The van der Waals surface area contributed by atoms with Gasteiger partial charge >= 0.3 is 0 Å². The third-order valence-electron chi connectivity index (χ3n) is 3.13. The van der Waals surface area contributed by atoms with Gasteiger partial charge in [0.15, 0.2) is 0 Å². The van der Waals surface area contributed by atoms with Crippen LogP contribution in [0.25, 0.3) is 16.4 Å². The Morgan fingerprint density at radius 2 is 2.18 bits per heavy atom. The van der Waals surface area contributed by atoms with E-state index in [1.165, 1.54) is 22.0 Å². The molecular formula is C14H15N3. The molecule has 0 aliphatic carbocycles.